The predicted octanol–water partition coefficient (Wildman–Crippen LogP) is 2.69. The van der Waals surface area contributed by atoms with Crippen LogP contribution in [0.4, 0.5) is 8.78 Å². The number of aromatic nitrogens is 1. The van der Waals surface area contributed by atoms with Gasteiger partial charge in [-0.2, -0.15) is 0 Å². The molecule has 0 bridgehead atoms. The van der Waals surface area contributed by atoms with Crippen LogP contribution < -0.4 is 10.1 Å². The predicted molar refractivity (Wildman–Crippen MR) is 87.6 cm³/mol. The second kappa shape index (κ2) is 8.72. The fraction of sp³-hybridized carbons (Fsp3) is 0.235. The Morgan fingerprint density at radius 3 is 2.68 bits per heavy atom. The number of benzene rings is 1. The van der Waals surface area contributed by atoms with Crippen LogP contribution in [0.15, 0.2) is 47.6 Å². The summed E-state index contributed by atoms with van der Waals surface area (Å²) < 4.78 is 30.9. The smallest absolute Gasteiger partial charge is 0.280 e. The molecular weight excluding hydrogens is 332 g/mol. The van der Waals surface area contributed by atoms with E-state index in [9.17, 15) is 13.6 Å². The van der Waals surface area contributed by atoms with Crippen molar-refractivity contribution < 1.29 is 23.1 Å². The molecule has 0 radical (unpaired) electrons. The van der Waals surface area contributed by atoms with Gasteiger partial charge >= 0.3 is 0 Å². The summed E-state index contributed by atoms with van der Waals surface area (Å²) in [5.41, 5.74) is 0.858. The average Bonchev–Trinajstić information content (AvgIpc) is 2.64. The highest BCUT2D eigenvalue weighted by molar-refractivity contribution is 6.45. The summed E-state index contributed by atoms with van der Waals surface area (Å²) >= 11 is 0. The van der Waals surface area contributed by atoms with Crippen LogP contribution >= 0.6 is 0 Å². The van der Waals surface area contributed by atoms with E-state index in [1.807, 2.05) is 0 Å². The maximum Gasteiger partial charge on any atom is 0.280 e. The maximum absolute atomic E-state index is 12.7. The fourth-order valence-corrected chi connectivity index (χ4v) is 2.08. The topological polar surface area (TPSA) is 72.8 Å². The van der Waals surface area contributed by atoms with E-state index in [1.54, 1.807) is 24.3 Å². The molecule has 0 atom stereocenters. The second-order valence-electron chi connectivity index (χ2n) is 4.85. The van der Waals surface area contributed by atoms with E-state index in [0.717, 1.165) is 0 Å². The van der Waals surface area contributed by atoms with Crippen molar-refractivity contribution in [2.24, 2.45) is 5.16 Å². The van der Waals surface area contributed by atoms with Gasteiger partial charge in [0.1, 0.15) is 19.4 Å². The first kappa shape index (κ1) is 18.3. The van der Waals surface area contributed by atoms with E-state index in [0.29, 0.717) is 11.1 Å². The van der Waals surface area contributed by atoms with Gasteiger partial charge in [0.25, 0.3) is 12.3 Å². The second-order valence-corrected chi connectivity index (χ2v) is 4.85. The summed E-state index contributed by atoms with van der Waals surface area (Å²) in [5, 5.41) is 6.24. The summed E-state index contributed by atoms with van der Waals surface area (Å²) in [6, 6.07) is 11.1. The molecule has 6 nitrogen and oxygen atoms in total. The standard InChI is InChI=1S/C17H17F2N3O3/c1-20-17(23)15(22-24-2)12-7-4-3-6-11(12)10-25-14-9-5-8-13(21-14)16(18)19/h3-9,16H,10H2,1-2H3,(H,20,23). The van der Waals surface area contributed by atoms with Crippen molar-refractivity contribution in [2.75, 3.05) is 14.2 Å². The molecule has 0 aliphatic carbocycles. The van der Waals surface area contributed by atoms with Gasteiger partial charge in [-0.25, -0.2) is 13.8 Å². The number of ether oxygens (including phenoxy) is 1. The van der Waals surface area contributed by atoms with Gasteiger partial charge in [0, 0.05) is 18.7 Å². The van der Waals surface area contributed by atoms with Crippen molar-refractivity contribution >= 4 is 11.6 Å². The molecule has 0 fully saturated rings. The normalized spacial score (nSPS) is 11.3. The Morgan fingerprint density at radius 1 is 1.24 bits per heavy atom. The summed E-state index contributed by atoms with van der Waals surface area (Å²) in [4.78, 5) is 20.5. The van der Waals surface area contributed by atoms with Gasteiger partial charge in [-0.1, -0.05) is 35.5 Å². The van der Waals surface area contributed by atoms with Crippen LogP contribution in [0.5, 0.6) is 5.88 Å². The molecule has 0 aliphatic rings. The number of likely N-dealkylation sites (N-methyl/N-ethyl adjacent to an activating group) is 1. The highest BCUT2D eigenvalue weighted by atomic mass is 19.3. The lowest BCUT2D eigenvalue weighted by Gasteiger charge is -2.12. The average molecular weight is 349 g/mol. The molecule has 2 aromatic rings. The van der Waals surface area contributed by atoms with Crippen LogP contribution in [0.1, 0.15) is 23.2 Å². The summed E-state index contributed by atoms with van der Waals surface area (Å²) in [5.74, 6) is -0.357. The first-order valence-corrected chi connectivity index (χ1v) is 7.36. The number of hydrogen-bond donors (Lipinski definition) is 1. The third-order valence-corrected chi connectivity index (χ3v) is 3.24. The Labute approximate surface area is 143 Å². The van der Waals surface area contributed by atoms with Gasteiger partial charge in [0.2, 0.25) is 5.88 Å². The fourth-order valence-electron chi connectivity index (χ4n) is 2.08. The first-order chi connectivity index (χ1) is 12.1. The molecule has 0 aliphatic heterocycles. The van der Waals surface area contributed by atoms with E-state index in [2.05, 4.69) is 15.5 Å². The van der Waals surface area contributed by atoms with Crippen molar-refractivity contribution in [3.8, 4) is 5.88 Å². The zero-order valence-corrected chi connectivity index (χ0v) is 13.7. The molecule has 0 saturated heterocycles. The van der Waals surface area contributed by atoms with Crippen LogP contribution in [0.3, 0.4) is 0 Å². The van der Waals surface area contributed by atoms with Crippen LogP contribution in [0, 0.1) is 0 Å². The van der Waals surface area contributed by atoms with Crippen molar-refractivity contribution in [3.63, 3.8) is 0 Å². The number of oxime groups is 1. The third kappa shape index (κ3) is 4.72. The largest absolute Gasteiger partial charge is 0.473 e. The van der Waals surface area contributed by atoms with Gasteiger partial charge in [-0.05, 0) is 11.6 Å². The van der Waals surface area contributed by atoms with Crippen LogP contribution in [0.25, 0.3) is 0 Å². The summed E-state index contributed by atoms with van der Waals surface area (Å²) in [6.45, 7) is 0.0234. The lowest BCUT2D eigenvalue weighted by Crippen LogP contribution is -2.29. The van der Waals surface area contributed by atoms with Gasteiger partial charge in [-0.3, -0.25) is 4.79 Å². The Balaban J connectivity index is 2.25. The Morgan fingerprint density at radius 2 is 2.00 bits per heavy atom. The monoisotopic (exact) mass is 349 g/mol. The molecule has 0 spiro atoms. The zero-order valence-electron chi connectivity index (χ0n) is 13.7. The molecule has 0 saturated carbocycles. The Hall–Kier alpha value is -3.03. The van der Waals surface area contributed by atoms with Crippen molar-refractivity contribution in [1.29, 1.82) is 0 Å². The number of rotatable bonds is 7. The molecule has 1 N–H and O–H groups in total. The maximum atomic E-state index is 12.7. The van der Waals surface area contributed by atoms with E-state index >= 15 is 0 Å². The number of alkyl halides is 2. The van der Waals surface area contributed by atoms with Crippen LogP contribution in [-0.2, 0) is 16.2 Å². The SMILES string of the molecule is CNC(=O)C(=NOC)c1ccccc1COc1cccc(C(F)F)n1. The van der Waals surface area contributed by atoms with E-state index in [-0.39, 0.29) is 23.9 Å². The van der Waals surface area contributed by atoms with E-state index in [4.69, 9.17) is 9.57 Å². The molecule has 8 heteroatoms. The number of nitrogens with zero attached hydrogens (tertiary/aromatic N) is 2. The summed E-state index contributed by atoms with van der Waals surface area (Å²) in [7, 11) is 2.81. The molecule has 2 rings (SSSR count). The lowest BCUT2D eigenvalue weighted by molar-refractivity contribution is -0.114. The minimum atomic E-state index is -2.68. The number of hydrogen-bond acceptors (Lipinski definition) is 5. The van der Waals surface area contributed by atoms with Crippen LogP contribution in [0.2, 0.25) is 0 Å². The quantitative estimate of drug-likeness (QED) is 0.616. The number of pyridine rings is 1. The minimum absolute atomic E-state index is 0.0234. The number of carbonyl (C=O) groups is 1. The van der Waals surface area contributed by atoms with Gasteiger partial charge in [-0.15, -0.1) is 0 Å². The van der Waals surface area contributed by atoms with Crippen LogP contribution in [-0.4, -0.2) is 30.8 Å². The molecule has 25 heavy (non-hydrogen) atoms. The highest BCUT2D eigenvalue weighted by Crippen LogP contribution is 2.20. The number of nitrogens with one attached hydrogen (secondary N) is 1. The first-order valence-electron chi connectivity index (χ1n) is 7.36. The molecule has 1 aromatic heterocycles. The molecule has 0 unspecified atom stereocenters. The zero-order chi connectivity index (χ0) is 18.2. The molecule has 1 heterocycles. The van der Waals surface area contributed by atoms with Crippen molar-refractivity contribution in [3.05, 3.63) is 59.3 Å². The minimum Gasteiger partial charge on any atom is -0.473 e. The molecular formula is C17H17F2N3O3. The van der Waals surface area contributed by atoms with E-state index < -0.39 is 12.3 Å². The third-order valence-electron chi connectivity index (χ3n) is 3.24. The molecule has 1 amide bonds. The molecule has 132 valence electrons. The number of halogens is 2. The number of amides is 1. The van der Waals surface area contributed by atoms with Crippen molar-refractivity contribution in [2.45, 2.75) is 13.0 Å². The van der Waals surface area contributed by atoms with Gasteiger partial charge in [0.05, 0.1) is 0 Å². The summed E-state index contributed by atoms with van der Waals surface area (Å²) in [6.07, 6.45) is -2.68. The Kier molecular flexibility index (Phi) is 6.39. The van der Waals surface area contributed by atoms with Gasteiger partial charge < -0.3 is 14.9 Å². The lowest BCUT2D eigenvalue weighted by atomic mass is 10.0. The van der Waals surface area contributed by atoms with E-state index in [1.165, 1.54) is 32.4 Å². The molecule has 1 aromatic carbocycles. The Bertz CT molecular complexity index is 766. The van der Waals surface area contributed by atoms with Gasteiger partial charge in [0.15, 0.2) is 5.71 Å². The van der Waals surface area contributed by atoms with Crippen molar-refractivity contribution in [1.82, 2.24) is 10.3 Å². The number of carbonyl (C=O) groups excluding carboxylic acids is 1. The highest BCUT2D eigenvalue weighted by Gasteiger charge is 2.17.